The largest absolute Gasteiger partial charge is 0.358 e. The van der Waals surface area contributed by atoms with E-state index in [4.69, 9.17) is 0 Å². The Bertz CT molecular complexity index is 878. The first-order chi connectivity index (χ1) is 12.1. The van der Waals surface area contributed by atoms with Crippen LogP contribution in [0.3, 0.4) is 0 Å². The molecule has 0 atom stereocenters. The molecule has 1 amide bonds. The summed E-state index contributed by atoms with van der Waals surface area (Å²) < 4.78 is 16.2. The lowest BCUT2D eigenvalue weighted by molar-refractivity contribution is -0.118. The number of thioether (sulfide) groups is 1. The predicted molar refractivity (Wildman–Crippen MR) is 101 cm³/mol. The van der Waals surface area contributed by atoms with Crippen molar-refractivity contribution in [1.82, 2.24) is 14.9 Å². The van der Waals surface area contributed by atoms with Crippen molar-refractivity contribution in [2.24, 2.45) is 0 Å². The fraction of sp³-hybridized carbons (Fsp3) is 0.111. The van der Waals surface area contributed by atoms with E-state index in [1.165, 1.54) is 23.9 Å². The van der Waals surface area contributed by atoms with Crippen molar-refractivity contribution in [1.29, 1.82) is 0 Å². The highest BCUT2D eigenvalue weighted by Gasteiger charge is 2.15. The second kappa shape index (κ2) is 7.84. The third-order valence-electron chi connectivity index (χ3n) is 3.57. The van der Waals surface area contributed by atoms with Crippen molar-refractivity contribution < 1.29 is 9.18 Å². The molecule has 1 N–H and O–H groups in total. The van der Waals surface area contributed by atoms with Crippen molar-refractivity contribution in [3.8, 4) is 16.9 Å². The number of nitrogens with zero attached hydrogens (tertiary/aromatic N) is 2. The number of imidazole rings is 1. The van der Waals surface area contributed by atoms with E-state index in [1.54, 1.807) is 25.4 Å². The summed E-state index contributed by atoms with van der Waals surface area (Å²) in [4.78, 5) is 16.0. The highest BCUT2D eigenvalue weighted by molar-refractivity contribution is 9.10. The van der Waals surface area contributed by atoms with Crippen molar-refractivity contribution in [2.75, 3.05) is 12.8 Å². The van der Waals surface area contributed by atoms with E-state index in [9.17, 15) is 9.18 Å². The lowest BCUT2D eigenvalue weighted by atomic mass is 10.1. The van der Waals surface area contributed by atoms with Gasteiger partial charge in [0.2, 0.25) is 5.91 Å². The van der Waals surface area contributed by atoms with Gasteiger partial charge in [0, 0.05) is 22.8 Å². The molecule has 1 heterocycles. The minimum absolute atomic E-state index is 0.0798. The Morgan fingerprint density at radius 2 is 1.88 bits per heavy atom. The van der Waals surface area contributed by atoms with Gasteiger partial charge in [-0.25, -0.2) is 9.37 Å². The third kappa shape index (κ3) is 4.11. The zero-order chi connectivity index (χ0) is 17.8. The van der Waals surface area contributed by atoms with Crippen LogP contribution in [0.25, 0.3) is 16.9 Å². The number of nitrogens with one attached hydrogen (secondary N) is 1. The molecule has 7 heteroatoms. The molecule has 0 aliphatic heterocycles. The quantitative estimate of drug-likeness (QED) is 0.627. The van der Waals surface area contributed by atoms with Crippen LogP contribution in [0, 0.1) is 5.82 Å². The zero-order valence-corrected chi connectivity index (χ0v) is 15.8. The maximum atomic E-state index is 13.3. The average molecular weight is 420 g/mol. The number of hydrogen-bond donors (Lipinski definition) is 1. The lowest BCUT2D eigenvalue weighted by Gasteiger charge is -2.12. The minimum atomic E-state index is -0.298. The molecule has 0 aliphatic rings. The third-order valence-corrected chi connectivity index (χ3v) is 5.05. The second-order valence-corrected chi connectivity index (χ2v) is 7.06. The number of rotatable bonds is 5. The van der Waals surface area contributed by atoms with Crippen molar-refractivity contribution >= 4 is 33.6 Å². The number of benzene rings is 2. The Kier molecular flexibility index (Phi) is 5.55. The smallest absolute Gasteiger partial charge is 0.230 e. The molecule has 2 aromatic carbocycles. The van der Waals surface area contributed by atoms with E-state index in [0.29, 0.717) is 5.16 Å². The Morgan fingerprint density at radius 1 is 1.20 bits per heavy atom. The molecule has 0 bridgehead atoms. The number of carbonyl (C=O) groups excluding carboxylic acids is 1. The molecule has 25 heavy (non-hydrogen) atoms. The van der Waals surface area contributed by atoms with Crippen LogP contribution >= 0.6 is 27.7 Å². The van der Waals surface area contributed by atoms with Gasteiger partial charge in [-0.2, -0.15) is 0 Å². The molecule has 0 aliphatic carbocycles. The zero-order valence-electron chi connectivity index (χ0n) is 13.4. The molecule has 0 radical (unpaired) electrons. The summed E-state index contributed by atoms with van der Waals surface area (Å²) in [7, 11) is 1.60. The Balaban J connectivity index is 2.05. The highest BCUT2D eigenvalue weighted by atomic mass is 79.9. The molecule has 1 aromatic heterocycles. The van der Waals surface area contributed by atoms with Gasteiger partial charge in [-0.05, 0) is 36.4 Å². The topological polar surface area (TPSA) is 46.9 Å². The molecule has 0 spiro atoms. The number of carbonyl (C=O) groups is 1. The first-order valence-corrected chi connectivity index (χ1v) is 9.29. The van der Waals surface area contributed by atoms with E-state index >= 15 is 0 Å². The molecule has 0 fully saturated rings. The second-order valence-electron chi connectivity index (χ2n) is 5.21. The van der Waals surface area contributed by atoms with Crippen LogP contribution in [0.5, 0.6) is 0 Å². The average Bonchev–Trinajstić information content (AvgIpc) is 3.05. The van der Waals surface area contributed by atoms with Crippen LogP contribution in [-0.4, -0.2) is 28.3 Å². The normalized spacial score (nSPS) is 10.7. The van der Waals surface area contributed by atoms with E-state index in [0.717, 1.165) is 21.4 Å². The van der Waals surface area contributed by atoms with Gasteiger partial charge < -0.3 is 5.32 Å². The maximum absolute atomic E-state index is 13.3. The van der Waals surface area contributed by atoms with Gasteiger partial charge in [0.1, 0.15) is 5.82 Å². The molecule has 0 unspecified atom stereocenters. The Morgan fingerprint density at radius 3 is 2.52 bits per heavy atom. The molecule has 3 aromatic rings. The predicted octanol–water partition coefficient (Wildman–Crippen LogP) is 4.28. The summed E-state index contributed by atoms with van der Waals surface area (Å²) in [6, 6.07) is 14.1. The van der Waals surface area contributed by atoms with Crippen LogP contribution in [0.4, 0.5) is 4.39 Å². The summed E-state index contributed by atoms with van der Waals surface area (Å²) in [6.07, 6.45) is 1.76. The van der Waals surface area contributed by atoms with Crippen molar-refractivity contribution in [2.45, 2.75) is 5.16 Å². The van der Waals surface area contributed by atoms with Gasteiger partial charge in [0.25, 0.3) is 0 Å². The van der Waals surface area contributed by atoms with Crippen LogP contribution < -0.4 is 5.32 Å². The Hall–Kier alpha value is -2.12. The molecular weight excluding hydrogens is 405 g/mol. The molecule has 0 saturated carbocycles. The van der Waals surface area contributed by atoms with Crippen LogP contribution in [0.1, 0.15) is 0 Å². The molecule has 4 nitrogen and oxygen atoms in total. The van der Waals surface area contributed by atoms with Gasteiger partial charge in [-0.1, -0.05) is 39.8 Å². The van der Waals surface area contributed by atoms with E-state index in [1.807, 2.05) is 28.8 Å². The highest BCUT2D eigenvalue weighted by Crippen LogP contribution is 2.30. The monoisotopic (exact) mass is 419 g/mol. The van der Waals surface area contributed by atoms with E-state index in [2.05, 4.69) is 26.2 Å². The number of amides is 1. The van der Waals surface area contributed by atoms with Gasteiger partial charge in [-0.3, -0.25) is 9.36 Å². The molecule has 3 rings (SSSR count). The first-order valence-electron chi connectivity index (χ1n) is 7.51. The van der Waals surface area contributed by atoms with Crippen LogP contribution in [0.15, 0.2) is 64.4 Å². The SMILES string of the molecule is CNC(=O)CSc1ncc(-c2ccc(Br)cc2)n1-c1ccc(F)cc1. The van der Waals surface area contributed by atoms with Gasteiger partial charge >= 0.3 is 0 Å². The number of aromatic nitrogens is 2. The fourth-order valence-corrected chi connectivity index (χ4v) is 3.43. The van der Waals surface area contributed by atoms with Gasteiger partial charge in [0.05, 0.1) is 17.6 Å². The van der Waals surface area contributed by atoms with Crippen molar-refractivity contribution in [3.63, 3.8) is 0 Å². The number of hydrogen-bond acceptors (Lipinski definition) is 3. The van der Waals surface area contributed by atoms with Gasteiger partial charge in [-0.15, -0.1) is 0 Å². The Labute approximate surface area is 157 Å². The van der Waals surface area contributed by atoms with Gasteiger partial charge in [0.15, 0.2) is 5.16 Å². The first kappa shape index (κ1) is 17.7. The molecular formula is C18H15BrFN3OS. The number of halogens is 2. The fourth-order valence-electron chi connectivity index (χ4n) is 2.30. The molecule has 0 saturated heterocycles. The lowest BCUT2D eigenvalue weighted by Crippen LogP contribution is -2.20. The van der Waals surface area contributed by atoms with E-state index in [-0.39, 0.29) is 17.5 Å². The summed E-state index contributed by atoms with van der Waals surface area (Å²) in [5.74, 6) is -0.119. The molecule has 128 valence electrons. The summed E-state index contributed by atoms with van der Waals surface area (Å²) in [6.45, 7) is 0. The standard InChI is InChI=1S/C18H15BrFN3OS/c1-21-17(24)11-25-18-22-10-16(12-2-4-13(19)5-3-12)23(18)15-8-6-14(20)7-9-15/h2-10H,11H2,1H3,(H,21,24). The van der Waals surface area contributed by atoms with Crippen LogP contribution in [-0.2, 0) is 4.79 Å². The van der Waals surface area contributed by atoms with E-state index < -0.39 is 0 Å². The maximum Gasteiger partial charge on any atom is 0.230 e. The van der Waals surface area contributed by atoms with Crippen LogP contribution in [0.2, 0.25) is 0 Å². The van der Waals surface area contributed by atoms with Crippen molar-refractivity contribution in [3.05, 3.63) is 65.0 Å². The summed E-state index contributed by atoms with van der Waals surface area (Å²) >= 11 is 4.76. The summed E-state index contributed by atoms with van der Waals surface area (Å²) in [5.41, 5.74) is 2.64. The minimum Gasteiger partial charge on any atom is -0.358 e. The summed E-state index contributed by atoms with van der Waals surface area (Å²) in [5, 5.41) is 3.27.